The van der Waals surface area contributed by atoms with Crippen molar-refractivity contribution >= 4 is 11.0 Å². The lowest BCUT2D eigenvalue weighted by Crippen LogP contribution is -2.07. The molecule has 4 aromatic rings. The molecule has 0 aliphatic carbocycles. The molecule has 0 bridgehead atoms. The van der Waals surface area contributed by atoms with E-state index >= 15 is 0 Å². The van der Waals surface area contributed by atoms with Gasteiger partial charge in [0.1, 0.15) is 17.8 Å². The Kier molecular flexibility index (Phi) is 3.49. The second-order valence-corrected chi connectivity index (χ2v) is 5.79. The summed E-state index contributed by atoms with van der Waals surface area (Å²) in [4.78, 5) is 19.2. The Morgan fingerprint density at radius 2 is 1.75 bits per heavy atom. The standard InChI is InChI=1S/C18H17N5O/c1-11(2)24-18-15-14(9-21-17(15)22-10-23-18)12-3-5-13(6-4-12)16-19-7-8-20-16/h3-11H,1-2H3,(H,19,20)(H,21,22,23). The number of H-pyrrole nitrogens is 2. The zero-order valence-corrected chi connectivity index (χ0v) is 13.4. The van der Waals surface area contributed by atoms with Gasteiger partial charge in [-0.05, 0) is 19.4 Å². The van der Waals surface area contributed by atoms with Gasteiger partial charge in [0, 0.05) is 29.7 Å². The quantitative estimate of drug-likeness (QED) is 0.599. The number of nitrogens with zero attached hydrogens (tertiary/aromatic N) is 3. The van der Waals surface area contributed by atoms with Crippen molar-refractivity contribution < 1.29 is 4.74 Å². The lowest BCUT2D eigenvalue weighted by atomic mass is 10.0. The van der Waals surface area contributed by atoms with Gasteiger partial charge < -0.3 is 14.7 Å². The van der Waals surface area contributed by atoms with Crippen LogP contribution >= 0.6 is 0 Å². The second kappa shape index (κ2) is 5.81. The van der Waals surface area contributed by atoms with E-state index in [-0.39, 0.29) is 6.10 Å². The monoisotopic (exact) mass is 319 g/mol. The molecule has 0 amide bonds. The lowest BCUT2D eigenvalue weighted by Gasteiger charge is -2.10. The van der Waals surface area contributed by atoms with E-state index in [2.05, 4.69) is 37.1 Å². The molecule has 0 aliphatic heterocycles. The van der Waals surface area contributed by atoms with E-state index in [9.17, 15) is 0 Å². The summed E-state index contributed by atoms with van der Waals surface area (Å²) in [5.41, 5.74) is 3.90. The van der Waals surface area contributed by atoms with Crippen LogP contribution in [-0.2, 0) is 0 Å². The maximum Gasteiger partial charge on any atom is 0.226 e. The van der Waals surface area contributed by atoms with Crippen LogP contribution in [0.25, 0.3) is 33.5 Å². The molecule has 0 saturated heterocycles. The normalized spacial score (nSPS) is 11.3. The number of hydrogen-bond donors (Lipinski definition) is 2. The summed E-state index contributed by atoms with van der Waals surface area (Å²) in [7, 11) is 0. The Morgan fingerprint density at radius 3 is 2.46 bits per heavy atom. The van der Waals surface area contributed by atoms with Crippen molar-refractivity contribution in [3.8, 4) is 28.4 Å². The predicted molar refractivity (Wildman–Crippen MR) is 92.7 cm³/mol. The van der Waals surface area contributed by atoms with E-state index in [4.69, 9.17) is 4.74 Å². The van der Waals surface area contributed by atoms with Crippen molar-refractivity contribution in [2.45, 2.75) is 20.0 Å². The predicted octanol–water partition coefficient (Wildman–Crippen LogP) is 3.80. The summed E-state index contributed by atoms with van der Waals surface area (Å²) in [6.45, 7) is 3.97. The van der Waals surface area contributed by atoms with E-state index in [0.717, 1.165) is 33.5 Å². The highest BCUT2D eigenvalue weighted by molar-refractivity contribution is 5.97. The molecular formula is C18H17N5O. The van der Waals surface area contributed by atoms with Gasteiger partial charge in [0.2, 0.25) is 5.88 Å². The first-order valence-electron chi connectivity index (χ1n) is 7.81. The minimum absolute atomic E-state index is 0.0483. The van der Waals surface area contributed by atoms with Gasteiger partial charge in [-0.15, -0.1) is 0 Å². The number of nitrogens with one attached hydrogen (secondary N) is 2. The lowest BCUT2D eigenvalue weighted by molar-refractivity contribution is 0.236. The number of imidazole rings is 1. The van der Waals surface area contributed by atoms with Gasteiger partial charge >= 0.3 is 0 Å². The van der Waals surface area contributed by atoms with Gasteiger partial charge in [-0.1, -0.05) is 24.3 Å². The van der Waals surface area contributed by atoms with Crippen molar-refractivity contribution in [2.75, 3.05) is 0 Å². The fourth-order valence-electron chi connectivity index (χ4n) is 2.71. The Morgan fingerprint density at radius 1 is 0.958 bits per heavy atom. The first-order chi connectivity index (χ1) is 11.7. The average molecular weight is 319 g/mol. The van der Waals surface area contributed by atoms with Crippen LogP contribution in [0.2, 0.25) is 0 Å². The van der Waals surface area contributed by atoms with Crippen molar-refractivity contribution in [1.29, 1.82) is 0 Å². The molecule has 0 aliphatic rings. The Hall–Kier alpha value is -3.15. The van der Waals surface area contributed by atoms with Gasteiger partial charge in [0.15, 0.2) is 0 Å². The van der Waals surface area contributed by atoms with Crippen molar-refractivity contribution in [2.24, 2.45) is 0 Å². The van der Waals surface area contributed by atoms with E-state index in [1.54, 1.807) is 6.20 Å². The summed E-state index contributed by atoms with van der Waals surface area (Å²) in [5, 5.41) is 0.900. The van der Waals surface area contributed by atoms with Crippen LogP contribution in [-0.4, -0.2) is 31.0 Å². The second-order valence-electron chi connectivity index (χ2n) is 5.79. The number of rotatable bonds is 4. The minimum Gasteiger partial charge on any atom is -0.474 e. The van der Waals surface area contributed by atoms with Crippen molar-refractivity contribution in [1.82, 2.24) is 24.9 Å². The summed E-state index contributed by atoms with van der Waals surface area (Å²) >= 11 is 0. The molecule has 120 valence electrons. The molecule has 1 aromatic carbocycles. The van der Waals surface area contributed by atoms with Gasteiger partial charge in [0.05, 0.1) is 11.5 Å². The van der Waals surface area contributed by atoms with E-state index < -0.39 is 0 Å². The smallest absolute Gasteiger partial charge is 0.226 e. The molecule has 2 N–H and O–H groups in total. The summed E-state index contributed by atoms with van der Waals surface area (Å²) < 4.78 is 5.84. The number of ether oxygens (including phenoxy) is 1. The van der Waals surface area contributed by atoms with E-state index in [1.807, 2.05) is 38.4 Å². The third-order valence-corrected chi connectivity index (χ3v) is 3.75. The molecule has 6 nitrogen and oxygen atoms in total. The molecule has 4 rings (SSSR count). The maximum absolute atomic E-state index is 5.84. The molecule has 6 heteroatoms. The van der Waals surface area contributed by atoms with Crippen LogP contribution in [0, 0.1) is 0 Å². The Bertz CT molecular complexity index is 955. The summed E-state index contributed by atoms with van der Waals surface area (Å²) in [6.07, 6.45) is 7.06. The maximum atomic E-state index is 5.84. The minimum atomic E-state index is 0.0483. The fourth-order valence-corrected chi connectivity index (χ4v) is 2.71. The van der Waals surface area contributed by atoms with Gasteiger partial charge in [-0.3, -0.25) is 0 Å². The third kappa shape index (κ3) is 2.52. The highest BCUT2D eigenvalue weighted by Crippen LogP contribution is 2.34. The summed E-state index contributed by atoms with van der Waals surface area (Å²) in [5.74, 6) is 1.45. The van der Waals surface area contributed by atoms with Gasteiger partial charge in [-0.2, -0.15) is 0 Å². The molecule has 0 spiro atoms. The number of benzene rings is 1. The third-order valence-electron chi connectivity index (χ3n) is 3.75. The Labute approximate surface area is 139 Å². The van der Waals surface area contributed by atoms with Crippen LogP contribution in [0.1, 0.15) is 13.8 Å². The topological polar surface area (TPSA) is 79.5 Å². The summed E-state index contributed by atoms with van der Waals surface area (Å²) in [6, 6.07) is 8.21. The zero-order valence-electron chi connectivity index (χ0n) is 13.4. The van der Waals surface area contributed by atoms with Gasteiger partial charge in [0.25, 0.3) is 0 Å². The molecule has 3 aromatic heterocycles. The first-order valence-corrected chi connectivity index (χ1v) is 7.81. The van der Waals surface area contributed by atoms with E-state index in [0.29, 0.717) is 5.88 Å². The first kappa shape index (κ1) is 14.4. The van der Waals surface area contributed by atoms with Crippen LogP contribution < -0.4 is 4.74 Å². The van der Waals surface area contributed by atoms with E-state index in [1.165, 1.54) is 6.33 Å². The van der Waals surface area contributed by atoms with Crippen LogP contribution in [0.3, 0.4) is 0 Å². The largest absolute Gasteiger partial charge is 0.474 e. The highest BCUT2D eigenvalue weighted by Gasteiger charge is 2.15. The van der Waals surface area contributed by atoms with Crippen LogP contribution in [0.15, 0.2) is 49.2 Å². The van der Waals surface area contributed by atoms with Crippen LogP contribution in [0.5, 0.6) is 5.88 Å². The number of aromatic nitrogens is 5. The molecule has 0 radical (unpaired) electrons. The average Bonchev–Trinajstić information content (AvgIpc) is 3.25. The molecular weight excluding hydrogens is 302 g/mol. The molecule has 0 atom stereocenters. The molecule has 0 fully saturated rings. The molecule has 3 heterocycles. The van der Waals surface area contributed by atoms with Crippen molar-refractivity contribution in [3.05, 3.63) is 49.2 Å². The van der Waals surface area contributed by atoms with Gasteiger partial charge in [-0.25, -0.2) is 15.0 Å². The molecule has 0 saturated carbocycles. The number of fused-ring (bicyclic) bond motifs is 1. The molecule has 0 unspecified atom stereocenters. The Balaban J connectivity index is 1.79. The molecule has 24 heavy (non-hydrogen) atoms. The van der Waals surface area contributed by atoms with Crippen molar-refractivity contribution in [3.63, 3.8) is 0 Å². The highest BCUT2D eigenvalue weighted by atomic mass is 16.5. The van der Waals surface area contributed by atoms with Crippen LogP contribution in [0.4, 0.5) is 0 Å². The fraction of sp³-hybridized carbons (Fsp3) is 0.167. The number of hydrogen-bond acceptors (Lipinski definition) is 4. The number of aromatic amines is 2. The zero-order chi connectivity index (χ0) is 16.5. The SMILES string of the molecule is CC(C)Oc1ncnc2[nH]cc(-c3ccc(-c4ncc[nH]4)cc3)c12.